The largest absolute Gasteiger partial charge is 0.342 e. The second-order valence-electron chi connectivity index (χ2n) is 10.3. The zero-order valence-corrected chi connectivity index (χ0v) is 21.7. The van der Waals surface area contributed by atoms with Crippen LogP contribution < -0.4 is 0 Å². The maximum Gasteiger partial charge on any atom is 0.225 e. The zero-order chi connectivity index (χ0) is 24.1. The summed E-state index contributed by atoms with van der Waals surface area (Å²) in [4.78, 5) is 40.1. The van der Waals surface area contributed by atoms with E-state index >= 15 is 0 Å². The molecule has 0 atom stereocenters. The van der Waals surface area contributed by atoms with Crippen molar-refractivity contribution in [1.82, 2.24) is 14.7 Å². The van der Waals surface area contributed by atoms with Gasteiger partial charge < -0.3 is 14.7 Å². The molecule has 0 spiro atoms. The van der Waals surface area contributed by atoms with E-state index in [1.807, 2.05) is 56.2 Å². The van der Waals surface area contributed by atoms with E-state index in [1.54, 1.807) is 0 Å². The molecule has 3 amide bonds. The second-order valence-corrected chi connectivity index (χ2v) is 10.3. The smallest absolute Gasteiger partial charge is 0.225 e. The standard InChI is InChI=1S/2C9H17NO.C8H15NO/c2*1-8(2)9(11)10-6-4-3-5-7-10;1-7(2)8(10)9-5-3-4-6-9/h2*8H,3-7H2,1-2H3;7H,3-6H2,1-2H3. The molecule has 3 rings (SSSR count). The molecule has 6 nitrogen and oxygen atoms in total. The van der Waals surface area contributed by atoms with Crippen molar-refractivity contribution in [2.75, 3.05) is 39.3 Å². The van der Waals surface area contributed by atoms with Crippen molar-refractivity contribution in [3.8, 4) is 0 Å². The van der Waals surface area contributed by atoms with Gasteiger partial charge in [-0.2, -0.15) is 0 Å². The van der Waals surface area contributed by atoms with E-state index in [0.29, 0.717) is 17.7 Å². The van der Waals surface area contributed by atoms with Gasteiger partial charge in [0.05, 0.1) is 0 Å². The van der Waals surface area contributed by atoms with Gasteiger partial charge in [-0.25, -0.2) is 0 Å². The number of rotatable bonds is 3. The van der Waals surface area contributed by atoms with Gasteiger partial charge in [0.2, 0.25) is 17.7 Å². The molecule has 3 saturated heterocycles. The number of hydrogen-bond acceptors (Lipinski definition) is 3. The summed E-state index contributed by atoms with van der Waals surface area (Å²) < 4.78 is 0. The topological polar surface area (TPSA) is 60.9 Å². The first kappa shape index (κ1) is 28.4. The van der Waals surface area contributed by atoms with Gasteiger partial charge in [0.25, 0.3) is 0 Å². The fourth-order valence-electron chi connectivity index (χ4n) is 4.26. The first-order valence-corrected chi connectivity index (χ1v) is 13.0. The maximum atomic E-state index is 11.4. The van der Waals surface area contributed by atoms with Crippen molar-refractivity contribution in [2.45, 2.75) is 92.9 Å². The molecule has 0 aromatic heterocycles. The molecule has 0 bridgehead atoms. The lowest BCUT2D eigenvalue weighted by molar-refractivity contribution is -0.136. The second kappa shape index (κ2) is 15.3. The molecule has 0 unspecified atom stereocenters. The highest BCUT2D eigenvalue weighted by molar-refractivity contribution is 5.79. The van der Waals surface area contributed by atoms with Crippen molar-refractivity contribution >= 4 is 17.7 Å². The van der Waals surface area contributed by atoms with Gasteiger partial charge in [-0.1, -0.05) is 41.5 Å². The molecule has 3 aliphatic heterocycles. The summed E-state index contributed by atoms with van der Waals surface area (Å²) in [6.45, 7) is 17.7. The van der Waals surface area contributed by atoms with Crippen LogP contribution in [-0.4, -0.2) is 71.7 Å². The van der Waals surface area contributed by atoms with E-state index < -0.39 is 0 Å². The van der Waals surface area contributed by atoms with Crippen LogP contribution >= 0.6 is 0 Å². The third-order valence-corrected chi connectivity index (χ3v) is 6.23. The lowest BCUT2D eigenvalue weighted by Crippen LogP contribution is -2.38. The Morgan fingerprint density at radius 2 is 0.594 bits per heavy atom. The molecule has 3 fully saturated rings. The number of carbonyl (C=O) groups excluding carboxylic acids is 3. The third-order valence-electron chi connectivity index (χ3n) is 6.23. The molecule has 0 saturated carbocycles. The monoisotopic (exact) mass is 451 g/mol. The normalized spacial score (nSPS) is 18.8. The quantitative estimate of drug-likeness (QED) is 0.631. The lowest BCUT2D eigenvalue weighted by Gasteiger charge is -2.28. The number of amides is 3. The van der Waals surface area contributed by atoms with Crippen LogP contribution in [0.15, 0.2) is 0 Å². The van der Waals surface area contributed by atoms with Crippen molar-refractivity contribution in [3.63, 3.8) is 0 Å². The number of likely N-dealkylation sites (tertiary alicyclic amines) is 3. The Balaban J connectivity index is 0.000000240. The van der Waals surface area contributed by atoms with E-state index in [1.165, 1.54) is 51.4 Å². The van der Waals surface area contributed by atoms with Crippen molar-refractivity contribution in [2.24, 2.45) is 17.8 Å². The average molecular weight is 452 g/mol. The molecule has 3 aliphatic rings. The molecule has 0 radical (unpaired) electrons. The first-order valence-electron chi connectivity index (χ1n) is 13.0. The molecule has 0 aromatic carbocycles. The summed E-state index contributed by atoms with van der Waals surface area (Å²) in [5.41, 5.74) is 0. The highest BCUT2D eigenvalue weighted by atomic mass is 16.2. The van der Waals surface area contributed by atoms with Gasteiger partial charge in [0.15, 0.2) is 0 Å². The molecular formula is C26H49N3O3. The predicted molar refractivity (Wildman–Crippen MR) is 131 cm³/mol. The van der Waals surface area contributed by atoms with Gasteiger partial charge in [0.1, 0.15) is 0 Å². The van der Waals surface area contributed by atoms with Crippen molar-refractivity contribution < 1.29 is 14.4 Å². The van der Waals surface area contributed by atoms with Gasteiger partial charge in [-0.15, -0.1) is 0 Å². The maximum absolute atomic E-state index is 11.4. The molecule has 0 aliphatic carbocycles. The Labute approximate surface area is 197 Å². The predicted octanol–water partition coefficient (Wildman–Crippen LogP) is 4.57. The van der Waals surface area contributed by atoms with E-state index in [4.69, 9.17) is 0 Å². The van der Waals surface area contributed by atoms with E-state index in [-0.39, 0.29) is 17.8 Å². The van der Waals surface area contributed by atoms with Crippen LogP contribution in [0.5, 0.6) is 0 Å². The molecule has 3 heterocycles. The van der Waals surface area contributed by atoms with Crippen LogP contribution in [0.3, 0.4) is 0 Å². The Morgan fingerprint density at radius 1 is 0.406 bits per heavy atom. The van der Waals surface area contributed by atoms with Crippen LogP contribution in [0.2, 0.25) is 0 Å². The molecule has 0 aromatic rings. The highest BCUT2D eigenvalue weighted by Crippen LogP contribution is 2.13. The van der Waals surface area contributed by atoms with Gasteiger partial charge in [-0.05, 0) is 51.4 Å². The number of carbonyl (C=O) groups is 3. The van der Waals surface area contributed by atoms with Crippen LogP contribution in [0.4, 0.5) is 0 Å². The minimum atomic E-state index is 0.174. The van der Waals surface area contributed by atoms with Gasteiger partial charge >= 0.3 is 0 Å². The van der Waals surface area contributed by atoms with Crippen LogP contribution in [-0.2, 0) is 14.4 Å². The summed E-state index contributed by atoms with van der Waals surface area (Å²) in [6, 6.07) is 0. The summed E-state index contributed by atoms with van der Waals surface area (Å²) in [5.74, 6) is 1.49. The minimum Gasteiger partial charge on any atom is -0.342 e. The minimum absolute atomic E-state index is 0.174. The van der Waals surface area contributed by atoms with Gasteiger partial charge in [0, 0.05) is 57.0 Å². The Morgan fingerprint density at radius 3 is 0.781 bits per heavy atom. The van der Waals surface area contributed by atoms with Gasteiger partial charge in [-0.3, -0.25) is 14.4 Å². The number of nitrogens with zero attached hydrogens (tertiary/aromatic N) is 3. The fourth-order valence-corrected chi connectivity index (χ4v) is 4.26. The highest BCUT2D eigenvalue weighted by Gasteiger charge is 2.20. The number of piperidine rings is 2. The molecule has 6 heteroatoms. The summed E-state index contributed by atoms with van der Waals surface area (Å²) in [7, 11) is 0. The molecule has 186 valence electrons. The van der Waals surface area contributed by atoms with E-state index in [2.05, 4.69) is 0 Å². The van der Waals surface area contributed by atoms with Crippen molar-refractivity contribution in [3.05, 3.63) is 0 Å². The SMILES string of the molecule is CC(C)C(=O)N1CCCC1.CC(C)C(=O)N1CCCCC1.CC(C)C(=O)N1CCCCC1. The van der Waals surface area contributed by atoms with Crippen LogP contribution in [0.25, 0.3) is 0 Å². The van der Waals surface area contributed by atoms with Crippen LogP contribution in [0, 0.1) is 17.8 Å². The lowest BCUT2D eigenvalue weighted by atomic mass is 10.1. The summed E-state index contributed by atoms with van der Waals surface area (Å²) >= 11 is 0. The third kappa shape index (κ3) is 10.4. The van der Waals surface area contributed by atoms with E-state index in [9.17, 15) is 14.4 Å². The Hall–Kier alpha value is -1.59. The fraction of sp³-hybridized carbons (Fsp3) is 0.885. The molecular weight excluding hydrogens is 402 g/mol. The zero-order valence-electron chi connectivity index (χ0n) is 21.7. The first-order chi connectivity index (χ1) is 15.1. The molecule has 0 N–H and O–H groups in total. The summed E-state index contributed by atoms with van der Waals surface area (Å²) in [6.07, 6.45) is 9.74. The Bertz CT molecular complexity index is 523. The van der Waals surface area contributed by atoms with Crippen molar-refractivity contribution in [1.29, 1.82) is 0 Å². The summed E-state index contributed by atoms with van der Waals surface area (Å²) in [5, 5.41) is 0. The average Bonchev–Trinajstić information content (AvgIpc) is 3.34. The van der Waals surface area contributed by atoms with E-state index in [0.717, 1.165) is 39.3 Å². The van der Waals surface area contributed by atoms with Crippen LogP contribution in [0.1, 0.15) is 92.9 Å². The molecule has 32 heavy (non-hydrogen) atoms. The Kier molecular flexibility index (Phi) is 13.6. The number of hydrogen-bond donors (Lipinski definition) is 0.